The maximum atomic E-state index is 5.54. The van der Waals surface area contributed by atoms with Crippen LogP contribution < -0.4 is 15.4 Å². The van der Waals surface area contributed by atoms with Crippen molar-refractivity contribution >= 4 is 5.96 Å². The van der Waals surface area contributed by atoms with E-state index in [1.54, 1.807) is 0 Å². The van der Waals surface area contributed by atoms with Crippen molar-refractivity contribution in [2.45, 2.75) is 59.6 Å². The van der Waals surface area contributed by atoms with E-state index in [1.807, 2.05) is 32.2 Å². The molecule has 0 saturated heterocycles. The van der Waals surface area contributed by atoms with Crippen molar-refractivity contribution in [1.29, 1.82) is 0 Å². The molecule has 0 spiro atoms. The van der Waals surface area contributed by atoms with Gasteiger partial charge in [-0.05, 0) is 32.8 Å². The van der Waals surface area contributed by atoms with Crippen LogP contribution >= 0.6 is 0 Å². The molecule has 0 aromatic carbocycles. The summed E-state index contributed by atoms with van der Waals surface area (Å²) in [7, 11) is 0. The minimum absolute atomic E-state index is 0.143. The normalized spacial score (nSPS) is 11.6. The SMILES string of the molecule is CCCCCNC(=NCc1ccc(OC(C)C)nc1)NCC. The van der Waals surface area contributed by atoms with E-state index in [2.05, 4.69) is 34.5 Å². The van der Waals surface area contributed by atoms with Gasteiger partial charge in [0.15, 0.2) is 5.96 Å². The molecule has 0 unspecified atom stereocenters. The predicted octanol–water partition coefficient (Wildman–Crippen LogP) is 3.11. The second-order valence-corrected chi connectivity index (χ2v) is 5.50. The van der Waals surface area contributed by atoms with Gasteiger partial charge in [-0.3, -0.25) is 0 Å². The van der Waals surface area contributed by atoms with Crippen molar-refractivity contribution in [3.63, 3.8) is 0 Å². The van der Waals surface area contributed by atoms with Crippen molar-refractivity contribution < 1.29 is 4.74 Å². The summed E-state index contributed by atoms with van der Waals surface area (Å²) in [5, 5.41) is 6.62. The van der Waals surface area contributed by atoms with Crippen LogP contribution in [-0.2, 0) is 6.54 Å². The molecule has 0 fully saturated rings. The van der Waals surface area contributed by atoms with E-state index in [4.69, 9.17) is 4.74 Å². The van der Waals surface area contributed by atoms with Crippen molar-refractivity contribution in [3.05, 3.63) is 23.9 Å². The van der Waals surface area contributed by atoms with Gasteiger partial charge in [-0.1, -0.05) is 25.8 Å². The van der Waals surface area contributed by atoms with E-state index in [0.717, 1.165) is 24.6 Å². The fraction of sp³-hybridized carbons (Fsp3) is 0.647. The monoisotopic (exact) mass is 306 g/mol. The lowest BCUT2D eigenvalue weighted by Crippen LogP contribution is -2.37. The molecule has 0 aliphatic rings. The zero-order chi connectivity index (χ0) is 16.2. The Bertz CT molecular complexity index is 429. The number of hydrogen-bond acceptors (Lipinski definition) is 3. The van der Waals surface area contributed by atoms with Crippen LogP contribution in [0.5, 0.6) is 5.88 Å². The van der Waals surface area contributed by atoms with Crippen LogP contribution in [0, 0.1) is 0 Å². The third kappa shape index (κ3) is 7.86. The number of unbranched alkanes of at least 4 members (excludes halogenated alkanes) is 2. The Kier molecular flexibility index (Phi) is 9.03. The van der Waals surface area contributed by atoms with Gasteiger partial charge in [0.1, 0.15) is 0 Å². The van der Waals surface area contributed by atoms with Crippen LogP contribution in [0.4, 0.5) is 0 Å². The van der Waals surface area contributed by atoms with Crippen LogP contribution in [-0.4, -0.2) is 30.1 Å². The summed E-state index contributed by atoms with van der Waals surface area (Å²) in [6.07, 6.45) is 5.61. The maximum absolute atomic E-state index is 5.54. The second-order valence-electron chi connectivity index (χ2n) is 5.50. The third-order valence-electron chi connectivity index (χ3n) is 2.99. The number of nitrogens with zero attached hydrogens (tertiary/aromatic N) is 2. The molecule has 5 nitrogen and oxygen atoms in total. The number of guanidine groups is 1. The van der Waals surface area contributed by atoms with Crippen LogP contribution in [0.3, 0.4) is 0 Å². The molecular formula is C17H30N4O. The predicted molar refractivity (Wildman–Crippen MR) is 92.3 cm³/mol. The first-order valence-corrected chi connectivity index (χ1v) is 8.29. The average molecular weight is 306 g/mol. The minimum Gasteiger partial charge on any atom is -0.475 e. The van der Waals surface area contributed by atoms with E-state index in [9.17, 15) is 0 Å². The van der Waals surface area contributed by atoms with Gasteiger partial charge in [0.2, 0.25) is 5.88 Å². The first-order chi connectivity index (χ1) is 10.7. The molecule has 0 aliphatic heterocycles. The Morgan fingerprint density at radius 1 is 1.23 bits per heavy atom. The molecule has 2 N–H and O–H groups in total. The fourth-order valence-electron chi connectivity index (χ4n) is 1.91. The molecular weight excluding hydrogens is 276 g/mol. The summed E-state index contributed by atoms with van der Waals surface area (Å²) in [5.41, 5.74) is 1.07. The van der Waals surface area contributed by atoms with Gasteiger partial charge >= 0.3 is 0 Å². The van der Waals surface area contributed by atoms with Crippen LogP contribution in [0.1, 0.15) is 52.5 Å². The Morgan fingerprint density at radius 3 is 2.64 bits per heavy atom. The highest BCUT2D eigenvalue weighted by Crippen LogP contribution is 2.10. The van der Waals surface area contributed by atoms with E-state index < -0.39 is 0 Å². The number of nitrogens with one attached hydrogen (secondary N) is 2. The van der Waals surface area contributed by atoms with Gasteiger partial charge in [0, 0.05) is 25.4 Å². The minimum atomic E-state index is 0.143. The molecule has 1 aromatic rings. The third-order valence-corrected chi connectivity index (χ3v) is 2.99. The van der Waals surface area contributed by atoms with Crippen molar-refractivity contribution in [2.24, 2.45) is 4.99 Å². The molecule has 0 aliphatic carbocycles. The smallest absolute Gasteiger partial charge is 0.213 e. The van der Waals surface area contributed by atoms with Crippen molar-refractivity contribution in [1.82, 2.24) is 15.6 Å². The molecule has 0 radical (unpaired) electrons. The molecule has 1 rings (SSSR count). The van der Waals surface area contributed by atoms with Gasteiger partial charge in [-0.2, -0.15) is 0 Å². The Balaban J connectivity index is 2.50. The molecule has 124 valence electrons. The zero-order valence-corrected chi connectivity index (χ0v) is 14.4. The first kappa shape index (κ1) is 18.3. The highest BCUT2D eigenvalue weighted by molar-refractivity contribution is 5.79. The first-order valence-electron chi connectivity index (χ1n) is 8.29. The molecule has 0 saturated carbocycles. The standard InChI is InChI=1S/C17H30N4O/c1-5-7-8-11-19-17(18-6-2)21-13-15-9-10-16(20-12-15)22-14(3)4/h9-10,12,14H,5-8,11,13H2,1-4H3,(H2,18,19,21). The number of rotatable bonds is 9. The molecule has 0 amide bonds. The molecule has 1 heterocycles. The topological polar surface area (TPSA) is 58.5 Å². The molecule has 5 heteroatoms. The van der Waals surface area contributed by atoms with Crippen molar-refractivity contribution in [2.75, 3.05) is 13.1 Å². The van der Waals surface area contributed by atoms with Gasteiger partial charge in [-0.15, -0.1) is 0 Å². The zero-order valence-electron chi connectivity index (χ0n) is 14.4. The van der Waals surface area contributed by atoms with Gasteiger partial charge < -0.3 is 15.4 Å². The van der Waals surface area contributed by atoms with Gasteiger partial charge in [-0.25, -0.2) is 9.98 Å². The summed E-state index contributed by atoms with van der Waals surface area (Å²) in [6.45, 7) is 10.7. The lowest BCUT2D eigenvalue weighted by Gasteiger charge is -2.11. The average Bonchev–Trinajstić information content (AvgIpc) is 2.50. The van der Waals surface area contributed by atoms with Crippen LogP contribution in [0.15, 0.2) is 23.3 Å². The fourth-order valence-corrected chi connectivity index (χ4v) is 1.91. The summed E-state index contributed by atoms with van der Waals surface area (Å²) >= 11 is 0. The van der Waals surface area contributed by atoms with Crippen LogP contribution in [0.2, 0.25) is 0 Å². The number of pyridine rings is 1. The highest BCUT2D eigenvalue weighted by atomic mass is 16.5. The van der Waals surface area contributed by atoms with Gasteiger partial charge in [0.25, 0.3) is 0 Å². The quantitative estimate of drug-likeness (QED) is 0.418. The lowest BCUT2D eigenvalue weighted by atomic mass is 10.2. The Labute approximate surface area is 134 Å². The largest absolute Gasteiger partial charge is 0.475 e. The molecule has 1 aromatic heterocycles. The molecule has 0 atom stereocenters. The number of ether oxygens (including phenoxy) is 1. The summed E-state index contributed by atoms with van der Waals surface area (Å²) in [4.78, 5) is 8.88. The van der Waals surface area contributed by atoms with Crippen molar-refractivity contribution in [3.8, 4) is 5.88 Å². The maximum Gasteiger partial charge on any atom is 0.213 e. The van der Waals surface area contributed by atoms with E-state index in [1.165, 1.54) is 19.3 Å². The second kappa shape index (κ2) is 10.9. The summed E-state index contributed by atoms with van der Waals surface area (Å²) in [5.74, 6) is 1.52. The highest BCUT2D eigenvalue weighted by Gasteiger charge is 2.00. The summed E-state index contributed by atoms with van der Waals surface area (Å²) < 4.78 is 5.54. The number of aliphatic imine (C=N–C) groups is 1. The van der Waals surface area contributed by atoms with Gasteiger partial charge in [0.05, 0.1) is 12.6 Å². The van der Waals surface area contributed by atoms with Crippen LogP contribution in [0.25, 0.3) is 0 Å². The van der Waals surface area contributed by atoms with E-state index in [-0.39, 0.29) is 6.10 Å². The molecule has 22 heavy (non-hydrogen) atoms. The number of hydrogen-bond donors (Lipinski definition) is 2. The Morgan fingerprint density at radius 2 is 2.05 bits per heavy atom. The van der Waals surface area contributed by atoms with E-state index >= 15 is 0 Å². The van der Waals surface area contributed by atoms with E-state index in [0.29, 0.717) is 12.4 Å². The Hall–Kier alpha value is -1.78. The summed E-state index contributed by atoms with van der Waals surface area (Å²) in [6, 6.07) is 3.90. The molecule has 0 bridgehead atoms. The number of aromatic nitrogens is 1. The lowest BCUT2D eigenvalue weighted by molar-refractivity contribution is 0.232.